The minimum Gasteiger partial charge on any atom is -0.481 e. The van der Waals surface area contributed by atoms with E-state index in [1.807, 2.05) is 24.3 Å². The van der Waals surface area contributed by atoms with Crippen molar-refractivity contribution < 1.29 is 14.7 Å². The maximum Gasteiger partial charge on any atom is 0.305 e. The van der Waals surface area contributed by atoms with E-state index in [9.17, 15) is 9.59 Å². The zero-order valence-corrected chi connectivity index (χ0v) is 16.4. The van der Waals surface area contributed by atoms with Crippen molar-refractivity contribution in [2.45, 2.75) is 25.5 Å². The molecule has 2 rings (SSSR count). The highest BCUT2D eigenvalue weighted by Crippen LogP contribution is 2.29. The lowest BCUT2D eigenvalue weighted by Crippen LogP contribution is -2.32. The van der Waals surface area contributed by atoms with Crippen molar-refractivity contribution in [1.82, 2.24) is 4.90 Å². The van der Waals surface area contributed by atoms with Crippen LogP contribution < -0.4 is 4.90 Å². The average molecular weight is 388 g/mol. The van der Waals surface area contributed by atoms with Crippen molar-refractivity contribution in [2.75, 3.05) is 24.5 Å². The van der Waals surface area contributed by atoms with E-state index in [0.717, 1.165) is 36.1 Å². The molecule has 1 aromatic rings. The highest BCUT2D eigenvalue weighted by atomic mass is 32.2. The molecule has 0 unspecified atom stereocenters. The standard InChI is InChI=1S/C19H24N4O3S/c1-4-11-23-18(26)16(12-17(24)25)27-19(23)21-20-13-14-7-9-15(10-8-14)22(5-2)6-3/h4,7-10,13,16H,1,5-6,11-12H2,2-3H3,(H,24,25)/b20-13-,21-19-/t16-/m0/s1. The number of amides is 1. The second-order valence-corrected chi connectivity index (χ2v) is 7.00. The van der Waals surface area contributed by atoms with Crippen LogP contribution >= 0.6 is 11.8 Å². The highest BCUT2D eigenvalue weighted by Gasteiger charge is 2.38. The van der Waals surface area contributed by atoms with Gasteiger partial charge in [0.1, 0.15) is 5.25 Å². The van der Waals surface area contributed by atoms with E-state index < -0.39 is 11.2 Å². The van der Waals surface area contributed by atoms with E-state index in [4.69, 9.17) is 5.11 Å². The molecule has 0 aromatic heterocycles. The van der Waals surface area contributed by atoms with Crippen LogP contribution in [0, 0.1) is 0 Å². The van der Waals surface area contributed by atoms with Crippen molar-refractivity contribution in [3.05, 3.63) is 42.5 Å². The number of carboxylic acid groups (broad SMARTS) is 1. The molecule has 0 radical (unpaired) electrons. The lowest BCUT2D eigenvalue weighted by atomic mass is 10.2. The molecule has 1 saturated heterocycles. The summed E-state index contributed by atoms with van der Waals surface area (Å²) in [6, 6.07) is 7.97. The molecule has 27 heavy (non-hydrogen) atoms. The third-order valence-electron chi connectivity index (χ3n) is 4.06. The normalized spacial score (nSPS) is 18.4. The van der Waals surface area contributed by atoms with Gasteiger partial charge in [0.2, 0.25) is 5.91 Å². The molecule has 0 saturated carbocycles. The van der Waals surface area contributed by atoms with Crippen LogP contribution in [0.15, 0.2) is 47.1 Å². The predicted octanol–water partition coefficient (Wildman–Crippen LogP) is 2.83. The van der Waals surface area contributed by atoms with Crippen LogP contribution in [0.3, 0.4) is 0 Å². The summed E-state index contributed by atoms with van der Waals surface area (Å²) in [5, 5.41) is 16.8. The van der Waals surface area contributed by atoms with Crippen LogP contribution in [0.25, 0.3) is 0 Å². The van der Waals surface area contributed by atoms with Crippen molar-refractivity contribution in [3.63, 3.8) is 0 Å². The van der Waals surface area contributed by atoms with Crippen LogP contribution in [0.2, 0.25) is 0 Å². The lowest BCUT2D eigenvalue weighted by molar-refractivity contribution is -0.139. The fourth-order valence-electron chi connectivity index (χ4n) is 2.68. The smallest absolute Gasteiger partial charge is 0.305 e. The number of hydrogen-bond acceptors (Lipinski definition) is 6. The molecule has 1 N–H and O–H groups in total. The molecule has 1 heterocycles. The first kappa shape index (κ1) is 20.7. The van der Waals surface area contributed by atoms with Gasteiger partial charge < -0.3 is 10.0 Å². The molecule has 0 spiro atoms. The molecule has 144 valence electrons. The van der Waals surface area contributed by atoms with Crippen molar-refractivity contribution >= 4 is 40.7 Å². The summed E-state index contributed by atoms with van der Waals surface area (Å²) in [5.74, 6) is -1.29. The van der Waals surface area contributed by atoms with E-state index in [0.29, 0.717) is 5.17 Å². The van der Waals surface area contributed by atoms with E-state index in [1.54, 1.807) is 12.3 Å². The number of carboxylic acids is 1. The van der Waals surface area contributed by atoms with Crippen molar-refractivity contribution in [3.8, 4) is 0 Å². The molecule has 8 heteroatoms. The zero-order chi connectivity index (χ0) is 19.8. The fraction of sp³-hybridized carbons (Fsp3) is 0.368. The van der Waals surface area contributed by atoms with Gasteiger partial charge in [-0.2, -0.15) is 5.10 Å². The molecular formula is C19H24N4O3S. The highest BCUT2D eigenvalue weighted by molar-refractivity contribution is 8.15. The number of aliphatic carboxylic acids is 1. The summed E-state index contributed by atoms with van der Waals surface area (Å²) >= 11 is 1.12. The number of nitrogens with zero attached hydrogens (tertiary/aromatic N) is 4. The lowest BCUT2D eigenvalue weighted by Gasteiger charge is -2.20. The molecule has 7 nitrogen and oxygen atoms in total. The van der Waals surface area contributed by atoms with E-state index >= 15 is 0 Å². The number of hydrogen-bond donors (Lipinski definition) is 1. The topological polar surface area (TPSA) is 85.6 Å². The molecule has 1 aliphatic heterocycles. The third kappa shape index (κ3) is 5.43. The largest absolute Gasteiger partial charge is 0.481 e. The minimum absolute atomic E-state index is 0.243. The Morgan fingerprint density at radius 3 is 2.56 bits per heavy atom. The van der Waals surface area contributed by atoms with Gasteiger partial charge in [0.25, 0.3) is 0 Å². The second-order valence-electron chi connectivity index (χ2n) is 5.83. The Balaban J connectivity index is 2.11. The molecule has 1 aliphatic rings. The van der Waals surface area contributed by atoms with E-state index in [1.165, 1.54) is 4.90 Å². The van der Waals surface area contributed by atoms with Gasteiger partial charge in [-0.05, 0) is 31.5 Å². The number of thioether (sulfide) groups is 1. The first-order valence-electron chi connectivity index (χ1n) is 8.76. The summed E-state index contributed by atoms with van der Waals surface area (Å²) in [6.07, 6.45) is 2.94. The van der Waals surface area contributed by atoms with Crippen LogP contribution in [0.4, 0.5) is 5.69 Å². The first-order valence-corrected chi connectivity index (χ1v) is 9.64. The summed E-state index contributed by atoms with van der Waals surface area (Å²) in [4.78, 5) is 26.9. The fourth-order valence-corrected chi connectivity index (χ4v) is 3.77. The maximum atomic E-state index is 12.3. The Labute approximate surface area is 163 Å². The summed E-state index contributed by atoms with van der Waals surface area (Å²) in [5.41, 5.74) is 2.04. The van der Waals surface area contributed by atoms with Crippen molar-refractivity contribution in [1.29, 1.82) is 0 Å². The summed E-state index contributed by atoms with van der Waals surface area (Å²) < 4.78 is 0. The van der Waals surface area contributed by atoms with Gasteiger partial charge in [-0.15, -0.1) is 11.7 Å². The molecule has 0 aliphatic carbocycles. The molecule has 1 aromatic carbocycles. The van der Waals surface area contributed by atoms with Gasteiger partial charge in [-0.3, -0.25) is 14.5 Å². The van der Waals surface area contributed by atoms with Gasteiger partial charge in [0.15, 0.2) is 5.17 Å². The SMILES string of the molecule is C=CCN1C(=O)[C@H](CC(=O)O)S/C1=N\N=C/c1ccc(N(CC)CC)cc1. The van der Waals surface area contributed by atoms with E-state index in [2.05, 4.69) is 35.5 Å². The Morgan fingerprint density at radius 2 is 2.00 bits per heavy atom. The second kappa shape index (κ2) is 9.91. The molecule has 1 amide bonds. The monoisotopic (exact) mass is 388 g/mol. The van der Waals surface area contributed by atoms with Crippen LogP contribution in [-0.4, -0.2) is 58.1 Å². The first-order chi connectivity index (χ1) is 13.0. The van der Waals surface area contributed by atoms with Gasteiger partial charge in [-0.1, -0.05) is 30.0 Å². The number of benzene rings is 1. The molecule has 1 atom stereocenters. The Kier molecular flexibility index (Phi) is 7.60. The number of amidine groups is 1. The van der Waals surface area contributed by atoms with Gasteiger partial charge >= 0.3 is 5.97 Å². The summed E-state index contributed by atoms with van der Waals surface area (Å²) in [7, 11) is 0. The predicted molar refractivity (Wildman–Crippen MR) is 111 cm³/mol. The van der Waals surface area contributed by atoms with Crippen molar-refractivity contribution in [2.24, 2.45) is 10.2 Å². The quantitative estimate of drug-likeness (QED) is 0.399. The Bertz CT molecular complexity index is 742. The molecular weight excluding hydrogens is 364 g/mol. The van der Waals surface area contributed by atoms with E-state index in [-0.39, 0.29) is 18.9 Å². The number of carbonyl (C=O) groups excluding carboxylic acids is 1. The number of anilines is 1. The Hall–Kier alpha value is -2.61. The minimum atomic E-state index is -1.02. The van der Waals surface area contributed by atoms with Crippen LogP contribution in [0.5, 0.6) is 0 Å². The maximum absolute atomic E-state index is 12.3. The number of carbonyl (C=O) groups is 2. The summed E-state index contributed by atoms with van der Waals surface area (Å²) in [6.45, 7) is 10.0. The third-order valence-corrected chi connectivity index (χ3v) is 5.23. The molecule has 0 bridgehead atoms. The van der Waals surface area contributed by atoms with Crippen LogP contribution in [0.1, 0.15) is 25.8 Å². The van der Waals surface area contributed by atoms with Gasteiger partial charge in [-0.25, -0.2) is 0 Å². The van der Waals surface area contributed by atoms with Gasteiger partial charge in [0, 0.05) is 25.3 Å². The zero-order valence-electron chi connectivity index (χ0n) is 15.5. The molecule has 1 fully saturated rings. The number of rotatable bonds is 9. The average Bonchev–Trinajstić information content (AvgIpc) is 2.93. The van der Waals surface area contributed by atoms with Crippen LogP contribution in [-0.2, 0) is 9.59 Å². The Morgan fingerprint density at radius 1 is 1.33 bits per heavy atom. The van der Waals surface area contributed by atoms with Gasteiger partial charge in [0.05, 0.1) is 12.6 Å².